The van der Waals surface area contributed by atoms with Crippen molar-refractivity contribution >= 4 is 21.0 Å². The zero-order valence-corrected chi connectivity index (χ0v) is 17.4. The molecule has 0 spiro atoms. The van der Waals surface area contributed by atoms with Crippen LogP contribution < -0.4 is 0 Å². The average molecular weight is 451 g/mol. The number of hydrogen-bond acceptors (Lipinski definition) is 7. The van der Waals surface area contributed by atoms with Gasteiger partial charge in [0.25, 0.3) is 0 Å². The highest BCUT2D eigenvalue weighted by atomic mass is 32.2. The standard InChI is InChI=1S/C18H16F3N7O2S/c1-4-31(29,30)13-5-6-14(28-9-23-10(2)26-28)25-15(13)17-24-12-7-11(18(19,20)21)8-22-16(12)27(17)3/h5-9H,4H2,1-3H3. The number of pyridine rings is 2. The first-order chi connectivity index (χ1) is 14.5. The highest BCUT2D eigenvalue weighted by Gasteiger charge is 2.32. The van der Waals surface area contributed by atoms with Gasteiger partial charge in [0, 0.05) is 13.2 Å². The van der Waals surface area contributed by atoms with E-state index in [2.05, 4.69) is 25.0 Å². The maximum absolute atomic E-state index is 13.1. The Morgan fingerprint density at radius 1 is 1.13 bits per heavy atom. The Hall–Kier alpha value is -3.35. The summed E-state index contributed by atoms with van der Waals surface area (Å²) >= 11 is 0. The number of hydrogen-bond donors (Lipinski definition) is 0. The molecule has 31 heavy (non-hydrogen) atoms. The fourth-order valence-electron chi connectivity index (χ4n) is 3.03. The maximum atomic E-state index is 13.1. The minimum absolute atomic E-state index is 0.0124. The van der Waals surface area contributed by atoms with Gasteiger partial charge in [-0.2, -0.15) is 18.3 Å². The molecule has 4 aromatic heterocycles. The zero-order valence-electron chi connectivity index (χ0n) is 16.6. The van der Waals surface area contributed by atoms with E-state index in [0.717, 1.165) is 6.07 Å². The van der Waals surface area contributed by atoms with Crippen LogP contribution in [0.25, 0.3) is 28.5 Å². The normalized spacial score (nSPS) is 12.6. The summed E-state index contributed by atoms with van der Waals surface area (Å²) in [5, 5.41) is 4.16. The molecule has 0 amide bonds. The monoisotopic (exact) mass is 451 g/mol. The number of alkyl halides is 3. The highest BCUT2D eigenvalue weighted by Crippen LogP contribution is 2.33. The predicted molar refractivity (Wildman–Crippen MR) is 104 cm³/mol. The lowest BCUT2D eigenvalue weighted by molar-refractivity contribution is -0.137. The molecule has 0 radical (unpaired) electrons. The van der Waals surface area contributed by atoms with Crippen molar-refractivity contribution in [2.24, 2.45) is 7.05 Å². The third-order valence-electron chi connectivity index (χ3n) is 4.65. The molecule has 13 heteroatoms. The molecular weight excluding hydrogens is 435 g/mol. The molecule has 0 aliphatic heterocycles. The topological polar surface area (TPSA) is 108 Å². The lowest BCUT2D eigenvalue weighted by atomic mass is 10.2. The first kappa shape index (κ1) is 20.9. The van der Waals surface area contributed by atoms with Crippen molar-refractivity contribution in [2.45, 2.75) is 24.9 Å². The number of halogens is 3. The van der Waals surface area contributed by atoms with Gasteiger partial charge in [-0.15, -0.1) is 0 Å². The van der Waals surface area contributed by atoms with Gasteiger partial charge in [-0.05, 0) is 25.1 Å². The minimum Gasteiger partial charge on any atom is -0.310 e. The summed E-state index contributed by atoms with van der Waals surface area (Å²) in [5.74, 6) is 0.638. The Kier molecular flexibility index (Phi) is 4.80. The van der Waals surface area contributed by atoms with E-state index in [-0.39, 0.29) is 39.1 Å². The third kappa shape index (κ3) is 3.65. The van der Waals surface area contributed by atoms with Crippen molar-refractivity contribution in [3.8, 4) is 17.3 Å². The van der Waals surface area contributed by atoms with E-state index >= 15 is 0 Å². The average Bonchev–Trinajstić information content (AvgIpc) is 3.30. The second-order valence-electron chi connectivity index (χ2n) is 6.71. The smallest absolute Gasteiger partial charge is 0.310 e. The first-order valence-electron chi connectivity index (χ1n) is 9.03. The number of aromatic nitrogens is 7. The van der Waals surface area contributed by atoms with Crippen molar-refractivity contribution in [1.82, 2.24) is 34.3 Å². The molecular formula is C18H16F3N7O2S. The molecule has 4 heterocycles. The second kappa shape index (κ2) is 7.11. The van der Waals surface area contributed by atoms with Crippen LogP contribution in [0.4, 0.5) is 13.2 Å². The van der Waals surface area contributed by atoms with E-state index in [1.807, 2.05) is 0 Å². The van der Waals surface area contributed by atoms with E-state index in [4.69, 9.17) is 0 Å². The molecule has 4 aromatic rings. The molecule has 9 nitrogen and oxygen atoms in total. The molecule has 0 N–H and O–H groups in total. The van der Waals surface area contributed by atoms with E-state index in [1.54, 1.807) is 6.92 Å². The number of sulfone groups is 1. The van der Waals surface area contributed by atoms with Crippen LogP contribution in [0.15, 0.2) is 35.6 Å². The summed E-state index contributed by atoms with van der Waals surface area (Å²) in [5.41, 5.74) is -0.838. The van der Waals surface area contributed by atoms with E-state index in [9.17, 15) is 21.6 Å². The quantitative estimate of drug-likeness (QED) is 0.469. The van der Waals surface area contributed by atoms with Crippen molar-refractivity contribution in [3.05, 3.63) is 42.1 Å². The molecule has 0 bridgehead atoms. The molecule has 4 rings (SSSR count). The number of imidazole rings is 1. The van der Waals surface area contributed by atoms with Crippen molar-refractivity contribution < 1.29 is 21.6 Å². The van der Waals surface area contributed by atoms with Crippen molar-refractivity contribution in [1.29, 1.82) is 0 Å². The van der Waals surface area contributed by atoms with Crippen LogP contribution in [0.3, 0.4) is 0 Å². The Bertz CT molecular complexity index is 1410. The lowest BCUT2D eigenvalue weighted by Crippen LogP contribution is -2.11. The van der Waals surface area contributed by atoms with Gasteiger partial charge in [-0.3, -0.25) is 0 Å². The SMILES string of the molecule is CCS(=O)(=O)c1ccc(-n2cnc(C)n2)nc1-c1nc2cc(C(F)(F)F)cnc2n1C. The van der Waals surface area contributed by atoms with Crippen LogP contribution in [-0.4, -0.2) is 48.5 Å². The van der Waals surface area contributed by atoms with Gasteiger partial charge >= 0.3 is 6.18 Å². The number of rotatable bonds is 4. The van der Waals surface area contributed by atoms with Gasteiger partial charge in [-0.1, -0.05) is 6.92 Å². The maximum Gasteiger partial charge on any atom is 0.417 e. The molecule has 0 aromatic carbocycles. The molecule has 0 aliphatic carbocycles. The number of aryl methyl sites for hydroxylation is 2. The Balaban J connectivity index is 1.99. The summed E-state index contributed by atoms with van der Waals surface area (Å²) in [7, 11) is -2.19. The van der Waals surface area contributed by atoms with Crippen LogP contribution in [-0.2, 0) is 23.1 Å². The van der Waals surface area contributed by atoms with Crippen molar-refractivity contribution in [2.75, 3.05) is 5.75 Å². The van der Waals surface area contributed by atoms with Gasteiger partial charge in [0.15, 0.2) is 27.1 Å². The largest absolute Gasteiger partial charge is 0.417 e. The Morgan fingerprint density at radius 2 is 1.87 bits per heavy atom. The summed E-state index contributed by atoms with van der Waals surface area (Å²) < 4.78 is 67.4. The summed E-state index contributed by atoms with van der Waals surface area (Å²) in [6, 6.07) is 3.72. The Labute approximate surface area is 174 Å². The fourth-order valence-corrected chi connectivity index (χ4v) is 4.05. The number of fused-ring (bicyclic) bond motifs is 1. The van der Waals surface area contributed by atoms with Crippen LogP contribution in [0.1, 0.15) is 18.3 Å². The molecule has 162 valence electrons. The molecule has 0 unspecified atom stereocenters. The first-order valence-corrected chi connectivity index (χ1v) is 10.7. The minimum atomic E-state index is -4.58. The Morgan fingerprint density at radius 3 is 2.48 bits per heavy atom. The van der Waals surface area contributed by atoms with E-state index < -0.39 is 21.6 Å². The van der Waals surface area contributed by atoms with Crippen LogP contribution in [0, 0.1) is 6.92 Å². The third-order valence-corrected chi connectivity index (χ3v) is 6.41. The summed E-state index contributed by atoms with van der Waals surface area (Å²) in [6.45, 7) is 3.17. The lowest BCUT2D eigenvalue weighted by Gasteiger charge is -2.10. The van der Waals surface area contributed by atoms with Crippen molar-refractivity contribution in [3.63, 3.8) is 0 Å². The van der Waals surface area contributed by atoms with Crippen LogP contribution in [0.2, 0.25) is 0 Å². The van der Waals surface area contributed by atoms with E-state index in [0.29, 0.717) is 12.0 Å². The molecule has 0 aliphatic rings. The van der Waals surface area contributed by atoms with Gasteiger partial charge in [-0.25, -0.2) is 33.0 Å². The van der Waals surface area contributed by atoms with Gasteiger partial charge in [0.1, 0.15) is 23.4 Å². The zero-order chi connectivity index (χ0) is 22.6. The summed E-state index contributed by atoms with van der Waals surface area (Å²) in [6.07, 6.45) is -2.46. The molecule has 0 atom stereocenters. The van der Waals surface area contributed by atoms with E-state index in [1.165, 1.54) is 41.7 Å². The van der Waals surface area contributed by atoms with Gasteiger partial charge < -0.3 is 4.57 Å². The van der Waals surface area contributed by atoms with Gasteiger partial charge in [0.2, 0.25) is 0 Å². The highest BCUT2D eigenvalue weighted by molar-refractivity contribution is 7.91. The summed E-state index contributed by atoms with van der Waals surface area (Å²) in [4.78, 5) is 16.4. The van der Waals surface area contributed by atoms with Crippen LogP contribution in [0.5, 0.6) is 0 Å². The predicted octanol–water partition coefficient (Wildman–Crippen LogP) is 2.73. The number of nitrogens with zero attached hydrogens (tertiary/aromatic N) is 7. The second-order valence-corrected chi connectivity index (χ2v) is 8.96. The van der Waals surface area contributed by atoms with Gasteiger partial charge in [0.05, 0.1) is 16.2 Å². The molecule has 0 saturated heterocycles. The molecule has 0 saturated carbocycles. The molecule has 0 fully saturated rings. The van der Waals surface area contributed by atoms with Crippen LogP contribution >= 0.6 is 0 Å². The fraction of sp³-hybridized carbons (Fsp3) is 0.278.